The number of carbonyl (C=O) groups is 1. The number of likely N-dealkylation sites (tertiary alicyclic amines) is 1. The summed E-state index contributed by atoms with van der Waals surface area (Å²) in [6, 6.07) is 1.77. The van der Waals surface area contributed by atoms with E-state index in [1.54, 1.807) is 13.2 Å². The number of β-amino-alcohol motifs (C(OH)–C–C–N with tert-alkyl or cyclic N) is 1. The molecule has 1 N–H and O–H groups in total. The first-order valence-electron chi connectivity index (χ1n) is 11.9. The summed E-state index contributed by atoms with van der Waals surface area (Å²) in [4.78, 5) is 13.9. The summed E-state index contributed by atoms with van der Waals surface area (Å²) >= 11 is 1.93. The topological polar surface area (TPSA) is 77.5 Å². The molecule has 0 bridgehead atoms. The van der Waals surface area contributed by atoms with Crippen LogP contribution in [0.3, 0.4) is 0 Å². The molecule has 3 heterocycles. The van der Waals surface area contributed by atoms with E-state index >= 15 is 0 Å². The summed E-state index contributed by atoms with van der Waals surface area (Å²) in [6.07, 6.45) is 2.10. The Labute approximate surface area is 202 Å². The molecule has 0 radical (unpaired) electrons. The average molecular weight is 482 g/mol. The van der Waals surface area contributed by atoms with Crippen LogP contribution in [0.25, 0.3) is 0 Å². The lowest BCUT2D eigenvalue weighted by molar-refractivity contribution is -0.000518. The summed E-state index contributed by atoms with van der Waals surface area (Å²) in [5.41, 5.74) is 1.82. The Hall–Kier alpha value is -1.48. The highest BCUT2D eigenvalue weighted by atomic mass is 32.2. The minimum Gasteiger partial charge on any atom is -0.492 e. The molecule has 1 aromatic rings. The van der Waals surface area contributed by atoms with Gasteiger partial charge >= 0.3 is 0 Å². The number of aliphatic hydroxyl groups is 1. The zero-order chi connectivity index (χ0) is 24.0. The molecular weight excluding hydrogens is 442 g/mol. The number of ketones is 1. The number of Topliss-reactive ketones (excluding diaryl/α,β-unsaturated/α-hetero) is 1. The van der Waals surface area contributed by atoms with Gasteiger partial charge in [-0.05, 0) is 56.7 Å². The SMILES string of the molecule is CC(C)[C@@H]1CCN(CCC2OCCS2)C[C@H]1O.COc1c(C)cc(C(C)=O)c2c1OCCO2. The molecule has 0 amide bonds. The molecule has 3 atom stereocenters. The molecule has 186 valence electrons. The Balaban J connectivity index is 0.000000186. The largest absolute Gasteiger partial charge is 0.492 e. The van der Waals surface area contributed by atoms with Crippen LogP contribution in [-0.4, -0.2) is 79.6 Å². The summed E-state index contributed by atoms with van der Waals surface area (Å²) in [5.74, 6) is 3.87. The van der Waals surface area contributed by atoms with Crippen molar-refractivity contribution in [3.05, 3.63) is 17.2 Å². The third kappa shape index (κ3) is 6.78. The van der Waals surface area contributed by atoms with Gasteiger partial charge in [0.15, 0.2) is 17.3 Å². The second kappa shape index (κ2) is 12.3. The smallest absolute Gasteiger partial charge is 0.204 e. The van der Waals surface area contributed by atoms with E-state index in [0.717, 1.165) is 50.4 Å². The second-order valence-corrected chi connectivity index (χ2v) is 10.5. The Bertz CT molecular complexity index is 796. The maximum Gasteiger partial charge on any atom is 0.204 e. The highest BCUT2D eigenvalue weighted by molar-refractivity contribution is 7.99. The minimum atomic E-state index is -0.138. The third-order valence-electron chi connectivity index (χ3n) is 6.48. The first-order chi connectivity index (χ1) is 15.8. The normalized spacial score (nSPS) is 24.9. The van der Waals surface area contributed by atoms with Crippen LogP contribution in [0.2, 0.25) is 0 Å². The Morgan fingerprint density at radius 2 is 2.00 bits per heavy atom. The second-order valence-electron chi connectivity index (χ2n) is 9.21. The predicted molar refractivity (Wildman–Crippen MR) is 131 cm³/mol. The van der Waals surface area contributed by atoms with E-state index in [1.165, 1.54) is 6.92 Å². The number of aliphatic hydroxyl groups excluding tert-OH is 1. The number of carbonyl (C=O) groups excluding carboxylic acids is 1. The molecule has 7 nitrogen and oxygen atoms in total. The lowest BCUT2D eigenvalue weighted by Gasteiger charge is -2.38. The van der Waals surface area contributed by atoms with Gasteiger partial charge < -0.3 is 29.0 Å². The number of methoxy groups -OCH3 is 1. The number of thioether (sulfide) groups is 1. The van der Waals surface area contributed by atoms with Crippen LogP contribution in [0, 0.1) is 18.8 Å². The number of benzene rings is 1. The minimum absolute atomic E-state index is 0.0347. The molecule has 8 heteroatoms. The van der Waals surface area contributed by atoms with Crippen LogP contribution < -0.4 is 14.2 Å². The molecule has 2 fully saturated rings. The van der Waals surface area contributed by atoms with E-state index in [4.69, 9.17) is 18.9 Å². The molecule has 1 aromatic carbocycles. The molecule has 0 saturated carbocycles. The summed E-state index contributed by atoms with van der Waals surface area (Å²) < 4.78 is 21.9. The van der Waals surface area contributed by atoms with Gasteiger partial charge in [0.2, 0.25) is 5.75 Å². The molecule has 1 unspecified atom stereocenters. The van der Waals surface area contributed by atoms with Gasteiger partial charge in [0.05, 0.1) is 25.4 Å². The number of hydrogen-bond acceptors (Lipinski definition) is 8. The van der Waals surface area contributed by atoms with E-state index in [9.17, 15) is 9.90 Å². The monoisotopic (exact) mass is 481 g/mol. The highest BCUT2D eigenvalue weighted by Crippen LogP contribution is 2.44. The van der Waals surface area contributed by atoms with Crippen LogP contribution >= 0.6 is 11.8 Å². The molecule has 3 aliphatic heterocycles. The summed E-state index contributed by atoms with van der Waals surface area (Å²) in [7, 11) is 1.58. The van der Waals surface area contributed by atoms with Gasteiger partial charge in [-0.1, -0.05) is 13.8 Å². The van der Waals surface area contributed by atoms with E-state index in [2.05, 4.69) is 18.7 Å². The highest BCUT2D eigenvalue weighted by Gasteiger charge is 2.30. The summed E-state index contributed by atoms with van der Waals surface area (Å²) in [5, 5.41) is 10.1. The van der Waals surface area contributed by atoms with E-state index < -0.39 is 0 Å². The number of nitrogens with zero attached hydrogens (tertiary/aromatic N) is 1. The van der Waals surface area contributed by atoms with E-state index in [-0.39, 0.29) is 11.9 Å². The van der Waals surface area contributed by atoms with Crippen LogP contribution in [0.5, 0.6) is 17.2 Å². The third-order valence-corrected chi connectivity index (χ3v) is 7.63. The molecule has 33 heavy (non-hydrogen) atoms. The van der Waals surface area contributed by atoms with Crippen LogP contribution in [0.1, 0.15) is 49.5 Å². The Morgan fingerprint density at radius 1 is 1.27 bits per heavy atom. The van der Waals surface area contributed by atoms with Gasteiger partial charge in [-0.25, -0.2) is 0 Å². The van der Waals surface area contributed by atoms with Crippen molar-refractivity contribution in [2.75, 3.05) is 52.3 Å². The average Bonchev–Trinajstić information content (AvgIpc) is 3.31. The quantitative estimate of drug-likeness (QED) is 0.615. The first kappa shape index (κ1) is 26.1. The van der Waals surface area contributed by atoms with Gasteiger partial charge in [0, 0.05) is 18.8 Å². The van der Waals surface area contributed by atoms with Gasteiger partial charge in [0.25, 0.3) is 0 Å². The molecule has 2 saturated heterocycles. The number of hydrogen-bond donors (Lipinski definition) is 1. The molecule has 0 aromatic heterocycles. The van der Waals surface area contributed by atoms with Crippen molar-refractivity contribution in [2.24, 2.45) is 11.8 Å². The van der Waals surface area contributed by atoms with Gasteiger partial charge in [-0.3, -0.25) is 4.79 Å². The fraction of sp³-hybridized carbons (Fsp3) is 0.720. The molecule has 4 rings (SSSR count). The zero-order valence-electron chi connectivity index (χ0n) is 20.6. The number of rotatable bonds is 6. The first-order valence-corrected chi connectivity index (χ1v) is 13.0. The fourth-order valence-corrected chi connectivity index (χ4v) is 5.61. The molecule has 0 spiro atoms. The van der Waals surface area contributed by atoms with Crippen LogP contribution in [0.15, 0.2) is 6.07 Å². The molecular formula is C25H39NO6S. The Morgan fingerprint density at radius 3 is 2.58 bits per heavy atom. The van der Waals surface area contributed by atoms with Crippen molar-refractivity contribution in [1.82, 2.24) is 4.90 Å². The van der Waals surface area contributed by atoms with Gasteiger partial charge in [0.1, 0.15) is 18.6 Å². The van der Waals surface area contributed by atoms with Crippen LogP contribution in [0.4, 0.5) is 0 Å². The van der Waals surface area contributed by atoms with E-state index in [0.29, 0.717) is 53.3 Å². The Kier molecular flexibility index (Phi) is 9.73. The molecule has 3 aliphatic rings. The number of piperidine rings is 1. The van der Waals surface area contributed by atoms with Crippen molar-refractivity contribution >= 4 is 17.5 Å². The maximum absolute atomic E-state index is 11.5. The van der Waals surface area contributed by atoms with Crippen LogP contribution in [-0.2, 0) is 4.74 Å². The van der Waals surface area contributed by atoms with E-state index in [1.807, 2.05) is 18.7 Å². The zero-order valence-corrected chi connectivity index (χ0v) is 21.4. The lowest BCUT2D eigenvalue weighted by atomic mass is 9.84. The van der Waals surface area contributed by atoms with Crippen molar-refractivity contribution in [1.29, 1.82) is 0 Å². The standard InChI is InChI=1S/C13H25NO2S.C12H14O4/c1-10(2)11-3-5-14(9-12(11)15)6-4-13-16-7-8-17-13;1-7-6-9(8(2)13)11-12(10(7)14-3)16-5-4-15-11/h10-13,15H,3-9H2,1-2H3;6H,4-5H2,1-3H3/t11-,12+,13?;/m0./s1. The van der Waals surface area contributed by atoms with Gasteiger partial charge in [-0.15, -0.1) is 11.8 Å². The summed E-state index contributed by atoms with van der Waals surface area (Å²) in [6.45, 7) is 12.7. The maximum atomic E-state index is 11.5. The lowest BCUT2D eigenvalue weighted by Crippen LogP contribution is -2.46. The number of fused-ring (bicyclic) bond motifs is 1. The van der Waals surface area contributed by atoms with Crippen molar-refractivity contribution < 1.29 is 28.8 Å². The van der Waals surface area contributed by atoms with Crippen molar-refractivity contribution in [2.45, 2.75) is 52.1 Å². The predicted octanol–water partition coefficient (Wildman–Crippen LogP) is 3.78. The van der Waals surface area contributed by atoms with Crippen molar-refractivity contribution in [3.63, 3.8) is 0 Å². The number of aryl methyl sites for hydroxylation is 1. The molecule has 0 aliphatic carbocycles. The fourth-order valence-electron chi connectivity index (χ4n) is 4.69. The van der Waals surface area contributed by atoms with Gasteiger partial charge in [-0.2, -0.15) is 0 Å². The number of ether oxygens (including phenoxy) is 4. The van der Waals surface area contributed by atoms with Crippen molar-refractivity contribution in [3.8, 4) is 17.2 Å².